The highest BCUT2D eigenvalue weighted by Crippen LogP contribution is 2.34. The zero-order valence-corrected chi connectivity index (χ0v) is 18.4. The van der Waals surface area contributed by atoms with Crippen LogP contribution in [-0.4, -0.2) is 48.1 Å². The summed E-state index contributed by atoms with van der Waals surface area (Å²) in [7, 11) is 0. The molecule has 2 atom stereocenters. The second-order valence-electron chi connectivity index (χ2n) is 8.00. The van der Waals surface area contributed by atoms with Crippen molar-refractivity contribution < 1.29 is 33.6 Å². The van der Waals surface area contributed by atoms with Crippen LogP contribution in [0.1, 0.15) is 22.3 Å². The molecule has 0 fully saturated rings. The molecule has 0 bridgehead atoms. The minimum Gasteiger partial charge on any atom is -0.491 e. The van der Waals surface area contributed by atoms with Crippen LogP contribution < -0.4 is 19.5 Å². The SMILES string of the molecule is O=C(O)c1c(F)cccc1Oc1ccc2c(c1)CC[C@H](CNC[C@H](O)COc1ccccc1)O2. The number of benzene rings is 3. The van der Waals surface area contributed by atoms with Crippen LogP contribution in [0.2, 0.25) is 0 Å². The number of halogens is 1. The highest BCUT2D eigenvalue weighted by Gasteiger charge is 2.22. The molecule has 0 spiro atoms. The van der Waals surface area contributed by atoms with Gasteiger partial charge in [-0.3, -0.25) is 0 Å². The number of aliphatic hydroxyl groups excluding tert-OH is 1. The summed E-state index contributed by atoms with van der Waals surface area (Å²) < 4.78 is 31.1. The van der Waals surface area contributed by atoms with Crippen LogP contribution in [-0.2, 0) is 6.42 Å². The zero-order chi connectivity index (χ0) is 23.9. The van der Waals surface area contributed by atoms with Gasteiger partial charge in [0.25, 0.3) is 0 Å². The average Bonchev–Trinajstić information content (AvgIpc) is 2.83. The molecule has 178 valence electrons. The van der Waals surface area contributed by atoms with Crippen LogP contribution in [0.3, 0.4) is 0 Å². The lowest BCUT2D eigenvalue weighted by molar-refractivity contribution is 0.0689. The number of carboxylic acid groups (broad SMARTS) is 1. The van der Waals surface area contributed by atoms with Crippen molar-refractivity contribution >= 4 is 5.97 Å². The molecule has 0 aromatic heterocycles. The summed E-state index contributed by atoms with van der Waals surface area (Å²) in [6.45, 7) is 1.15. The minimum absolute atomic E-state index is 0.0525. The van der Waals surface area contributed by atoms with Gasteiger partial charge in [-0.15, -0.1) is 0 Å². The van der Waals surface area contributed by atoms with Gasteiger partial charge in [0, 0.05) is 13.1 Å². The van der Waals surface area contributed by atoms with E-state index < -0.39 is 23.5 Å². The maximum atomic E-state index is 13.9. The van der Waals surface area contributed by atoms with Crippen molar-refractivity contribution in [1.82, 2.24) is 5.32 Å². The van der Waals surface area contributed by atoms with E-state index in [-0.39, 0.29) is 18.5 Å². The van der Waals surface area contributed by atoms with E-state index in [4.69, 9.17) is 14.2 Å². The Labute approximate surface area is 196 Å². The first kappa shape index (κ1) is 23.5. The molecule has 0 aliphatic carbocycles. The van der Waals surface area contributed by atoms with E-state index in [1.807, 2.05) is 30.3 Å². The number of para-hydroxylation sites is 1. The van der Waals surface area contributed by atoms with Gasteiger partial charge in [-0.2, -0.15) is 0 Å². The van der Waals surface area contributed by atoms with Crippen molar-refractivity contribution in [3.8, 4) is 23.0 Å². The molecule has 3 N–H and O–H groups in total. The molecule has 1 aliphatic heterocycles. The standard InChI is InChI=1S/C26H26FNO6/c27-22-7-4-8-24(25(22)26(30)31)33-20-11-12-23-17(13-20)9-10-21(34-23)15-28-14-18(29)16-32-19-5-2-1-3-6-19/h1-8,11-13,18,21,28-29H,9-10,14-16H2,(H,30,31)/t18-,21+/m0/s1. The van der Waals surface area contributed by atoms with Crippen LogP contribution in [0, 0.1) is 5.82 Å². The monoisotopic (exact) mass is 467 g/mol. The average molecular weight is 467 g/mol. The molecule has 34 heavy (non-hydrogen) atoms. The predicted octanol–water partition coefficient (Wildman–Crippen LogP) is 4.04. The molecule has 0 amide bonds. The Kier molecular flexibility index (Phi) is 7.61. The summed E-state index contributed by atoms with van der Waals surface area (Å²) in [6.07, 6.45) is 0.811. The maximum absolute atomic E-state index is 13.9. The van der Waals surface area contributed by atoms with Gasteiger partial charge < -0.3 is 29.7 Å². The van der Waals surface area contributed by atoms with Crippen molar-refractivity contribution in [3.05, 3.63) is 83.7 Å². The first-order valence-electron chi connectivity index (χ1n) is 11.1. The summed E-state index contributed by atoms with van der Waals surface area (Å²) in [5, 5.41) is 22.6. The van der Waals surface area contributed by atoms with E-state index in [2.05, 4.69) is 5.32 Å². The lowest BCUT2D eigenvalue weighted by atomic mass is 10.0. The van der Waals surface area contributed by atoms with Crippen molar-refractivity contribution in [2.45, 2.75) is 25.0 Å². The van der Waals surface area contributed by atoms with Gasteiger partial charge in [0.15, 0.2) is 0 Å². The lowest BCUT2D eigenvalue weighted by Crippen LogP contribution is -2.39. The summed E-state index contributed by atoms with van der Waals surface area (Å²) in [5.41, 5.74) is 0.428. The second kappa shape index (κ2) is 11.0. The number of nitrogens with one attached hydrogen (secondary N) is 1. The Balaban J connectivity index is 1.27. The Morgan fingerprint density at radius 2 is 1.94 bits per heavy atom. The van der Waals surface area contributed by atoms with Crippen molar-refractivity contribution in [3.63, 3.8) is 0 Å². The summed E-state index contributed by atoms with van der Waals surface area (Å²) >= 11 is 0. The number of carbonyl (C=O) groups is 1. The Morgan fingerprint density at radius 3 is 2.74 bits per heavy atom. The van der Waals surface area contributed by atoms with Gasteiger partial charge in [-0.1, -0.05) is 24.3 Å². The number of ether oxygens (including phenoxy) is 3. The third-order valence-corrected chi connectivity index (χ3v) is 5.42. The smallest absolute Gasteiger partial charge is 0.342 e. The summed E-state index contributed by atoms with van der Waals surface area (Å²) in [4.78, 5) is 11.4. The highest BCUT2D eigenvalue weighted by molar-refractivity contribution is 5.91. The Hall–Kier alpha value is -3.62. The molecule has 7 nitrogen and oxygen atoms in total. The second-order valence-corrected chi connectivity index (χ2v) is 8.00. The maximum Gasteiger partial charge on any atom is 0.342 e. The van der Waals surface area contributed by atoms with Gasteiger partial charge in [0.1, 0.15) is 53.2 Å². The van der Waals surface area contributed by atoms with E-state index in [1.54, 1.807) is 18.2 Å². The van der Waals surface area contributed by atoms with Crippen molar-refractivity contribution in [2.24, 2.45) is 0 Å². The third-order valence-electron chi connectivity index (χ3n) is 5.42. The molecule has 0 radical (unpaired) electrons. The topological polar surface area (TPSA) is 97.3 Å². The summed E-state index contributed by atoms with van der Waals surface area (Å²) in [5.74, 6) is -0.445. The molecule has 1 aliphatic rings. The molecular weight excluding hydrogens is 441 g/mol. The molecule has 0 saturated heterocycles. The van der Waals surface area contributed by atoms with Gasteiger partial charge in [-0.25, -0.2) is 9.18 Å². The van der Waals surface area contributed by atoms with E-state index in [9.17, 15) is 19.4 Å². The number of hydrogen-bond donors (Lipinski definition) is 3. The molecule has 3 aromatic rings. The normalized spacial score (nSPS) is 15.6. The number of hydrogen-bond acceptors (Lipinski definition) is 6. The lowest BCUT2D eigenvalue weighted by Gasteiger charge is -2.27. The first-order valence-corrected chi connectivity index (χ1v) is 11.1. The number of rotatable bonds is 10. The van der Waals surface area contributed by atoms with E-state index in [0.29, 0.717) is 24.6 Å². The zero-order valence-electron chi connectivity index (χ0n) is 18.4. The molecule has 1 heterocycles. The van der Waals surface area contributed by atoms with Crippen LogP contribution >= 0.6 is 0 Å². The fourth-order valence-electron chi connectivity index (χ4n) is 3.73. The molecule has 0 saturated carbocycles. The fraction of sp³-hybridized carbons (Fsp3) is 0.269. The molecule has 0 unspecified atom stereocenters. The molecule has 4 rings (SSSR count). The van der Waals surface area contributed by atoms with Crippen molar-refractivity contribution in [2.75, 3.05) is 19.7 Å². The molecule has 8 heteroatoms. The van der Waals surface area contributed by atoms with Crippen molar-refractivity contribution in [1.29, 1.82) is 0 Å². The fourth-order valence-corrected chi connectivity index (χ4v) is 3.73. The van der Waals surface area contributed by atoms with Crippen LogP contribution in [0.4, 0.5) is 4.39 Å². The van der Waals surface area contributed by atoms with Gasteiger partial charge >= 0.3 is 5.97 Å². The third kappa shape index (κ3) is 6.03. The van der Waals surface area contributed by atoms with Gasteiger partial charge in [0.05, 0.1) is 0 Å². The number of aliphatic hydroxyl groups is 1. The number of aryl methyl sites for hydroxylation is 1. The number of carboxylic acids is 1. The number of fused-ring (bicyclic) bond motifs is 1. The number of aromatic carboxylic acids is 1. The minimum atomic E-state index is -1.39. The Bertz CT molecular complexity index is 1120. The molecule has 3 aromatic carbocycles. The predicted molar refractivity (Wildman–Crippen MR) is 123 cm³/mol. The van der Waals surface area contributed by atoms with Crippen LogP contribution in [0.15, 0.2) is 66.7 Å². The van der Waals surface area contributed by atoms with Crippen LogP contribution in [0.25, 0.3) is 0 Å². The quantitative estimate of drug-likeness (QED) is 0.414. The largest absolute Gasteiger partial charge is 0.491 e. The first-order chi connectivity index (χ1) is 16.5. The summed E-state index contributed by atoms with van der Waals surface area (Å²) in [6, 6.07) is 18.4. The van der Waals surface area contributed by atoms with E-state index in [1.165, 1.54) is 12.1 Å². The van der Waals surface area contributed by atoms with E-state index in [0.717, 1.165) is 30.2 Å². The van der Waals surface area contributed by atoms with Gasteiger partial charge in [-0.05, 0) is 60.9 Å². The van der Waals surface area contributed by atoms with E-state index >= 15 is 0 Å². The van der Waals surface area contributed by atoms with Crippen LogP contribution in [0.5, 0.6) is 23.0 Å². The van der Waals surface area contributed by atoms with Gasteiger partial charge in [0.2, 0.25) is 0 Å². The Morgan fingerprint density at radius 1 is 1.12 bits per heavy atom. The highest BCUT2D eigenvalue weighted by atomic mass is 19.1. The molecular formula is C26H26FNO6.